The summed E-state index contributed by atoms with van der Waals surface area (Å²) >= 11 is 0. The lowest BCUT2D eigenvalue weighted by molar-refractivity contribution is -0.134. The standard InChI is InChI=1S/C18H21N3O/c1-14-9-11-19-17(20-14)18(2)10-6-12-21(18)16(22)13-15-7-4-3-5-8-15/h3-5,7-9,11H,6,10,12-13H2,1-2H3/t18-/m0/s1. The molecule has 1 atom stereocenters. The molecule has 1 amide bonds. The van der Waals surface area contributed by atoms with Crippen molar-refractivity contribution in [1.82, 2.24) is 14.9 Å². The number of carbonyl (C=O) groups is 1. The van der Waals surface area contributed by atoms with Crippen molar-refractivity contribution in [3.05, 3.63) is 59.7 Å². The maximum Gasteiger partial charge on any atom is 0.227 e. The van der Waals surface area contributed by atoms with Gasteiger partial charge in [-0.15, -0.1) is 0 Å². The molecule has 0 bridgehead atoms. The zero-order valence-electron chi connectivity index (χ0n) is 13.1. The maximum atomic E-state index is 12.8. The number of nitrogens with zero attached hydrogens (tertiary/aromatic N) is 3. The van der Waals surface area contributed by atoms with Gasteiger partial charge in [-0.3, -0.25) is 4.79 Å². The molecule has 2 heterocycles. The van der Waals surface area contributed by atoms with Crippen LogP contribution in [0.4, 0.5) is 0 Å². The molecule has 1 saturated heterocycles. The molecule has 0 spiro atoms. The topological polar surface area (TPSA) is 46.1 Å². The van der Waals surface area contributed by atoms with Crippen LogP contribution in [0.15, 0.2) is 42.6 Å². The minimum atomic E-state index is -0.391. The first kappa shape index (κ1) is 14.7. The third-order valence-electron chi connectivity index (χ3n) is 4.42. The van der Waals surface area contributed by atoms with Crippen molar-refractivity contribution >= 4 is 5.91 Å². The van der Waals surface area contributed by atoms with Crippen LogP contribution in [-0.2, 0) is 16.8 Å². The summed E-state index contributed by atoms with van der Waals surface area (Å²) in [5, 5.41) is 0. The van der Waals surface area contributed by atoms with Crippen molar-refractivity contribution in [1.29, 1.82) is 0 Å². The fourth-order valence-corrected chi connectivity index (χ4v) is 3.17. The Hall–Kier alpha value is -2.23. The number of carbonyl (C=O) groups excluding carboxylic acids is 1. The largest absolute Gasteiger partial charge is 0.330 e. The summed E-state index contributed by atoms with van der Waals surface area (Å²) < 4.78 is 0. The van der Waals surface area contributed by atoms with E-state index in [2.05, 4.69) is 16.9 Å². The summed E-state index contributed by atoms with van der Waals surface area (Å²) in [5.74, 6) is 0.905. The van der Waals surface area contributed by atoms with Crippen LogP contribution in [0.1, 0.15) is 36.8 Å². The average molecular weight is 295 g/mol. The van der Waals surface area contributed by atoms with E-state index in [9.17, 15) is 4.79 Å². The smallest absolute Gasteiger partial charge is 0.227 e. The van der Waals surface area contributed by atoms with Gasteiger partial charge in [0.25, 0.3) is 0 Å². The Labute approximate surface area is 131 Å². The fourth-order valence-electron chi connectivity index (χ4n) is 3.17. The molecule has 22 heavy (non-hydrogen) atoms. The lowest BCUT2D eigenvalue weighted by atomic mass is 9.96. The van der Waals surface area contributed by atoms with Crippen LogP contribution in [0, 0.1) is 6.92 Å². The monoisotopic (exact) mass is 295 g/mol. The molecule has 4 nitrogen and oxygen atoms in total. The van der Waals surface area contributed by atoms with E-state index in [1.165, 1.54) is 0 Å². The second-order valence-corrected chi connectivity index (χ2v) is 6.11. The van der Waals surface area contributed by atoms with Crippen molar-refractivity contribution in [2.75, 3.05) is 6.54 Å². The van der Waals surface area contributed by atoms with E-state index in [4.69, 9.17) is 0 Å². The molecule has 0 N–H and O–H groups in total. The van der Waals surface area contributed by atoms with Crippen LogP contribution in [0.3, 0.4) is 0 Å². The lowest BCUT2D eigenvalue weighted by Gasteiger charge is -2.34. The van der Waals surface area contributed by atoms with Crippen LogP contribution < -0.4 is 0 Å². The Balaban J connectivity index is 1.85. The van der Waals surface area contributed by atoms with Gasteiger partial charge in [0, 0.05) is 18.4 Å². The molecule has 1 aromatic heterocycles. The van der Waals surface area contributed by atoms with E-state index < -0.39 is 5.54 Å². The highest BCUT2D eigenvalue weighted by Gasteiger charge is 2.43. The Bertz CT molecular complexity index is 671. The summed E-state index contributed by atoms with van der Waals surface area (Å²) in [7, 11) is 0. The summed E-state index contributed by atoms with van der Waals surface area (Å²) in [6.45, 7) is 4.82. The molecule has 0 saturated carbocycles. The zero-order valence-corrected chi connectivity index (χ0v) is 13.1. The summed E-state index contributed by atoms with van der Waals surface area (Å²) in [6, 6.07) is 11.8. The Morgan fingerprint density at radius 2 is 2.05 bits per heavy atom. The van der Waals surface area contributed by atoms with Gasteiger partial charge in [0.1, 0.15) is 0 Å². The van der Waals surface area contributed by atoms with Gasteiger partial charge in [0.15, 0.2) is 5.82 Å². The Morgan fingerprint density at radius 3 is 2.77 bits per heavy atom. The third-order valence-corrected chi connectivity index (χ3v) is 4.42. The molecule has 114 valence electrons. The first-order chi connectivity index (χ1) is 10.6. The number of aromatic nitrogens is 2. The molecule has 1 aliphatic rings. The van der Waals surface area contributed by atoms with Gasteiger partial charge in [-0.05, 0) is 38.3 Å². The van der Waals surface area contributed by atoms with Crippen LogP contribution in [0.2, 0.25) is 0 Å². The van der Waals surface area contributed by atoms with Gasteiger partial charge >= 0.3 is 0 Å². The molecular weight excluding hydrogens is 274 g/mol. The lowest BCUT2D eigenvalue weighted by Crippen LogP contribution is -2.44. The van der Waals surface area contributed by atoms with Crippen molar-refractivity contribution in [3.63, 3.8) is 0 Å². The number of benzene rings is 1. The molecular formula is C18H21N3O. The molecule has 3 rings (SSSR count). The maximum absolute atomic E-state index is 12.8. The van der Waals surface area contributed by atoms with E-state index in [0.29, 0.717) is 6.42 Å². The van der Waals surface area contributed by atoms with Crippen molar-refractivity contribution in [2.45, 2.75) is 38.6 Å². The average Bonchev–Trinajstić information content (AvgIpc) is 2.92. The normalized spacial score (nSPS) is 21.1. The first-order valence-corrected chi connectivity index (χ1v) is 7.74. The predicted octanol–water partition coefficient (Wildman–Crippen LogP) is 2.87. The third kappa shape index (κ3) is 2.73. The number of likely N-dealkylation sites (tertiary alicyclic amines) is 1. The van der Waals surface area contributed by atoms with Gasteiger partial charge in [-0.2, -0.15) is 0 Å². The van der Waals surface area contributed by atoms with E-state index in [1.54, 1.807) is 6.20 Å². The molecule has 4 heteroatoms. The van der Waals surface area contributed by atoms with Gasteiger partial charge in [0.2, 0.25) is 5.91 Å². The van der Waals surface area contributed by atoms with Crippen molar-refractivity contribution in [3.8, 4) is 0 Å². The molecule has 1 aliphatic heterocycles. The number of aryl methyl sites for hydroxylation is 1. The second kappa shape index (κ2) is 5.87. The predicted molar refractivity (Wildman–Crippen MR) is 85.2 cm³/mol. The van der Waals surface area contributed by atoms with Crippen LogP contribution >= 0.6 is 0 Å². The van der Waals surface area contributed by atoms with E-state index in [-0.39, 0.29) is 5.91 Å². The highest BCUT2D eigenvalue weighted by molar-refractivity contribution is 5.80. The van der Waals surface area contributed by atoms with Crippen LogP contribution in [-0.4, -0.2) is 27.3 Å². The second-order valence-electron chi connectivity index (χ2n) is 6.11. The van der Waals surface area contributed by atoms with Gasteiger partial charge < -0.3 is 4.90 Å². The number of hydrogen-bond donors (Lipinski definition) is 0. The van der Waals surface area contributed by atoms with E-state index in [1.807, 2.05) is 48.2 Å². The quantitative estimate of drug-likeness (QED) is 0.874. The molecule has 0 unspecified atom stereocenters. The van der Waals surface area contributed by atoms with Gasteiger partial charge in [-0.1, -0.05) is 30.3 Å². The molecule has 1 fully saturated rings. The SMILES string of the molecule is Cc1ccnc([C@]2(C)CCCN2C(=O)Cc2ccccc2)n1. The summed E-state index contributed by atoms with van der Waals surface area (Å²) in [5.41, 5.74) is 1.60. The molecule has 0 aliphatic carbocycles. The Kier molecular flexibility index (Phi) is 3.92. The van der Waals surface area contributed by atoms with E-state index in [0.717, 1.165) is 36.5 Å². The first-order valence-electron chi connectivity index (χ1n) is 7.74. The summed E-state index contributed by atoms with van der Waals surface area (Å²) in [6.07, 6.45) is 4.12. The van der Waals surface area contributed by atoms with E-state index >= 15 is 0 Å². The molecule has 1 aromatic carbocycles. The minimum Gasteiger partial charge on any atom is -0.330 e. The number of amides is 1. The number of rotatable bonds is 3. The minimum absolute atomic E-state index is 0.149. The highest BCUT2D eigenvalue weighted by Crippen LogP contribution is 2.37. The van der Waals surface area contributed by atoms with Crippen LogP contribution in [0.25, 0.3) is 0 Å². The van der Waals surface area contributed by atoms with Gasteiger partial charge in [0.05, 0.1) is 12.0 Å². The molecule has 0 radical (unpaired) electrons. The highest BCUT2D eigenvalue weighted by atomic mass is 16.2. The Morgan fingerprint density at radius 1 is 1.27 bits per heavy atom. The number of hydrogen-bond acceptors (Lipinski definition) is 3. The fraction of sp³-hybridized carbons (Fsp3) is 0.389. The summed E-state index contributed by atoms with van der Waals surface area (Å²) in [4.78, 5) is 23.7. The van der Waals surface area contributed by atoms with Gasteiger partial charge in [-0.25, -0.2) is 9.97 Å². The zero-order chi connectivity index (χ0) is 15.6. The van der Waals surface area contributed by atoms with Crippen molar-refractivity contribution in [2.24, 2.45) is 0 Å². The molecule has 2 aromatic rings. The van der Waals surface area contributed by atoms with Crippen molar-refractivity contribution < 1.29 is 4.79 Å². The van der Waals surface area contributed by atoms with Crippen LogP contribution in [0.5, 0.6) is 0 Å².